The Morgan fingerprint density at radius 3 is 2.68 bits per heavy atom. The van der Waals surface area contributed by atoms with Crippen molar-refractivity contribution in [1.82, 2.24) is 14.8 Å². The molecule has 0 radical (unpaired) electrons. The standard InChI is InChI=1S/C11H12ClN3O3S/c1-8-5-9(3-4-10(8)19(12,16)17)18-6-11-13-7-14-15(11)2/h3-5,7H,6H2,1-2H3. The summed E-state index contributed by atoms with van der Waals surface area (Å²) in [5.74, 6) is 1.22. The van der Waals surface area contributed by atoms with Gasteiger partial charge in [-0.05, 0) is 30.7 Å². The minimum absolute atomic E-state index is 0.0835. The van der Waals surface area contributed by atoms with Gasteiger partial charge in [0.15, 0.2) is 5.82 Å². The summed E-state index contributed by atoms with van der Waals surface area (Å²) < 4.78 is 29.6. The van der Waals surface area contributed by atoms with Crippen LogP contribution in [-0.2, 0) is 22.7 Å². The minimum atomic E-state index is -3.72. The highest BCUT2D eigenvalue weighted by molar-refractivity contribution is 8.13. The first-order valence-electron chi connectivity index (χ1n) is 5.39. The largest absolute Gasteiger partial charge is 0.486 e. The number of aryl methyl sites for hydroxylation is 2. The van der Waals surface area contributed by atoms with Gasteiger partial charge in [-0.25, -0.2) is 13.4 Å². The molecule has 8 heteroatoms. The highest BCUT2D eigenvalue weighted by atomic mass is 35.7. The van der Waals surface area contributed by atoms with E-state index in [1.165, 1.54) is 12.4 Å². The van der Waals surface area contributed by atoms with Gasteiger partial charge in [0.1, 0.15) is 18.7 Å². The second-order valence-corrected chi connectivity index (χ2v) is 6.49. The van der Waals surface area contributed by atoms with Crippen LogP contribution in [0.5, 0.6) is 5.75 Å². The third kappa shape index (κ3) is 3.24. The van der Waals surface area contributed by atoms with Crippen LogP contribution in [0.4, 0.5) is 0 Å². The fourth-order valence-electron chi connectivity index (χ4n) is 1.58. The van der Waals surface area contributed by atoms with Crippen LogP contribution in [0.3, 0.4) is 0 Å². The summed E-state index contributed by atoms with van der Waals surface area (Å²) in [5, 5.41) is 3.92. The summed E-state index contributed by atoms with van der Waals surface area (Å²) in [6.07, 6.45) is 1.44. The lowest BCUT2D eigenvalue weighted by molar-refractivity contribution is 0.289. The molecule has 0 saturated heterocycles. The van der Waals surface area contributed by atoms with E-state index >= 15 is 0 Å². The summed E-state index contributed by atoms with van der Waals surface area (Å²) in [4.78, 5) is 4.10. The zero-order valence-corrected chi connectivity index (χ0v) is 11.9. The molecule has 0 bridgehead atoms. The molecule has 6 nitrogen and oxygen atoms in total. The lowest BCUT2D eigenvalue weighted by Crippen LogP contribution is -2.05. The van der Waals surface area contributed by atoms with Crippen molar-refractivity contribution in [1.29, 1.82) is 0 Å². The van der Waals surface area contributed by atoms with Gasteiger partial charge in [-0.2, -0.15) is 5.10 Å². The van der Waals surface area contributed by atoms with Gasteiger partial charge >= 0.3 is 0 Å². The summed E-state index contributed by atoms with van der Waals surface area (Å²) >= 11 is 0. The number of hydrogen-bond donors (Lipinski definition) is 0. The van der Waals surface area contributed by atoms with E-state index < -0.39 is 9.05 Å². The van der Waals surface area contributed by atoms with Crippen molar-refractivity contribution in [2.75, 3.05) is 0 Å². The van der Waals surface area contributed by atoms with Crippen molar-refractivity contribution in [2.45, 2.75) is 18.4 Å². The summed E-state index contributed by atoms with van der Waals surface area (Å²) in [5.41, 5.74) is 0.533. The van der Waals surface area contributed by atoms with Gasteiger partial charge < -0.3 is 4.74 Å². The number of hydrogen-bond acceptors (Lipinski definition) is 5. The van der Waals surface area contributed by atoms with Crippen LogP contribution < -0.4 is 4.74 Å². The first kappa shape index (κ1) is 13.8. The SMILES string of the molecule is Cc1cc(OCc2ncnn2C)ccc1S(=O)(=O)Cl. The molecule has 0 N–H and O–H groups in total. The Morgan fingerprint density at radius 1 is 1.42 bits per heavy atom. The Labute approximate surface area is 115 Å². The van der Waals surface area contributed by atoms with Gasteiger partial charge in [0.25, 0.3) is 9.05 Å². The molecule has 0 spiro atoms. The quantitative estimate of drug-likeness (QED) is 0.802. The molecule has 0 aliphatic heterocycles. The van der Waals surface area contributed by atoms with Crippen molar-refractivity contribution in [3.05, 3.63) is 35.9 Å². The fourth-order valence-corrected chi connectivity index (χ4v) is 2.78. The van der Waals surface area contributed by atoms with Crippen LogP contribution in [-0.4, -0.2) is 23.2 Å². The predicted octanol–water partition coefficient (Wildman–Crippen LogP) is 1.63. The van der Waals surface area contributed by atoms with Crippen molar-refractivity contribution in [3.63, 3.8) is 0 Å². The molecule has 2 rings (SSSR count). The third-order valence-corrected chi connectivity index (χ3v) is 4.06. The second kappa shape index (κ2) is 5.18. The van der Waals surface area contributed by atoms with Gasteiger partial charge in [0, 0.05) is 17.7 Å². The van der Waals surface area contributed by atoms with E-state index in [1.54, 1.807) is 30.8 Å². The zero-order chi connectivity index (χ0) is 14.0. The van der Waals surface area contributed by atoms with E-state index in [9.17, 15) is 8.42 Å². The normalized spacial score (nSPS) is 11.5. The molecule has 1 aromatic carbocycles. The molecule has 0 fully saturated rings. The average Bonchev–Trinajstić information content (AvgIpc) is 2.70. The van der Waals surface area contributed by atoms with Gasteiger partial charge in [-0.15, -0.1) is 0 Å². The second-order valence-electron chi connectivity index (χ2n) is 3.95. The molecule has 1 aromatic heterocycles. The molecular formula is C11H12ClN3O3S. The van der Waals surface area contributed by atoms with Crippen LogP contribution in [0.25, 0.3) is 0 Å². The molecule has 0 saturated carbocycles. The topological polar surface area (TPSA) is 74.1 Å². The van der Waals surface area contributed by atoms with Crippen molar-refractivity contribution >= 4 is 19.7 Å². The van der Waals surface area contributed by atoms with Gasteiger partial charge in [0.2, 0.25) is 0 Å². The highest BCUT2D eigenvalue weighted by Gasteiger charge is 2.13. The van der Waals surface area contributed by atoms with E-state index in [-0.39, 0.29) is 11.5 Å². The van der Waals surface area contributed by atoms with Crippen LogP contribution in [0.1, 0.15) is 11.4 Å². The van der Waals surface area contributed by atoms with Crippen LogP contribution >= 0.6 is 10.7 Å². The maximum atomic E-state index is 11.3. The minimum Gasteiger partial charge on any atom is -0.486 e. The van der Waals surface area contributed by atoms with Crippen molar-refractivity contribution < 1.29 is 13.2 Å². The van der Waals surface area contributed by atoms with Crippen LogP contribution in [0.15, 0.2) is 29.4 Å². The lowest BCUT2D eigenvalue weighted by Gasteiger charge is -2.08. The monoisotopic (exact) mass is 301 g/mol. The maximum absolute atomic E-state index is 11.3. The molecule has 1 heterocycles. The van der Waals surface area contributed by atoms with E-state index in [0.29, 0.717) is 17.1 Å². The first-order chi connectivity index (χ1) is 8.88. The van der Waals surface area contributed by atoms with Crippen LogP contribution in [0, 0.1) is 6.92 Å². The Balaban J connectivity index is 2.15. The van der Waals surface area contributed by atoms with E-state index in [2.05, 4.69) is 10.1 Å². The van der Waals surface area contributed by atoms with Crippen molar-refractivity contribution in [2.24, 2.45) is 7.05 Å². The number of rotatable bonds is 4. The zero-order valence-electron chi connectivity index (χ0n) is 10.4. The van der Waals surface area contributed by atoms with Crippen molar-refractivity contribution in [3.8, 4) is 5.75 Å². The van der Waals surface area contributed by atoms with Crippen LogP contribution in [0.2, 0.25) is 0 Å². The van der Waals surface area contributed by atoms with Gasteiger partial charge in [0.05, 0.1) is 4.90 Å². The Morgan fingerprint density at radius 2 is 2.16 bits per heavy atom. The van der Waals surface area contributed by atoms with Gasteiger partial charge in [-0.3, -0.25) is 4.68 Å². The Bertz CT molecular complexity index is 697. The Hall–Kier alpha value is -1.60. The smallest absolute Gasteiger partial charge is 0.261 e. The summed E-state index contributed by atoms with van der Waals surface area (Å²) in [6, 6.07) is 4.59. The van der Waals surface area contributed by atoms with Gasteiger partial charge in [-0.1, -0.05) is 0 Å². The fraction of sp³-hybridized carbons (Fsp3) is 0.273. The molecular weight excluding hydrogens is 290 g/mol. The molecule has 2 aromatic rings. The third-order valence-electron chi connectivity index (χ3n) is 2.58. The highest BCUT2D eigenvalue weighted by Crippen LogP contribution is 2.24. The molecule has 0 atom stereocenters. The number of nitrogens with zero attached hydrogens (tertiary/aromatic N) is 3. The molecule has 102 valence electrons. The van der Waals surface area contributed by atoms with E-state index in [4.69, 9.17) is 15.4 Å². The lowest BCUT2D eigenvalue weighted by atomic mass is 10.2. The van der Waals surface area contributed by atoms with E-state index in [0.717, 1.165) is 0 Å². The molecule has 0 unspecified atom stereocenters. The Kier molecular flexibility index (Phi) is 3.77. The number of benzene rings is 1. The summed E-state index contributed by atoms with van der Waals surface area (Å²) in [7, 11) is 3.34. The molecule has 19 heavy (non-hydrogen) atoms. The predicted molar refractivity (Wildman–Crippen MR) is 69.6 cm³/mol. The number of ether oxygens (including phenoxy) is 1. The van der Waals surface area contributed by atoms with E-state index in [1.807, 2.05) is 0 Å². The first-order valence-corrected chi connectivity index (χ1v) is 7.70. The molecule has 0 amide bonds. The maximum Gasteiger partial charge on any atom is 0.261 e. The number of halogens is 1. The molecule has 0 aliphatic rings. The summed E-state index contributed by atoms with van der Waals surface area (Å²) in [6.45, 7) is 1.91. The average molecular weight is 302 g/mol. The number of aromatic nitrogens is 3. The molecule has 0 aliphatic carbocycles.